The molecule has 2 heterocycles. The van der Waals surface area contributed by atoms with Gasteiger partial charge in [-0.05, 0) is 62.0 Å². The van der Waals surface area contributed by atoms with Crippen molar-refractivity contribution in [3.05, 3.63) is 176 Å². The number of nitrogens with zero attached hydrogens (tertiary/aromatic N) is 3. The van der Waals surface area contributed by atoms with E-state index in [2.05, 4.69) is 158 Å². The van der Waals surface area contributed by atoms with Crippen molar-refractivity contribution in [3.8, 4) is 56.4 Å². The second kappa shape index (κ2) is 12.1. The van der Waals surface area contributed by atoms with Crippen molar-refractivity contribution in [2.75, 3.05) is 0 Å². The fourth-order valence-corrected chi connectivity index (χ4v) is 8.43. The highest BCUT2D eigenvalue weighted by molar-refractivity contribution is 7.26. The molecule has 0 saturated carbocycles. The van der Waals surface area contributed by atoms with E-state index in [4.69, 9.17) is 15.0 Å². The van der Waals surface area contributed by atoms with Crippen LogP contribution in [0.2, 0.25) is 0 Å². The number of thiophene rings is 1. The lowest BCUT2D eigenvalue weighted by atomic mass is 9.96. The monoisotopic (exact) mass is 667 g/mol. The summed E-state index contributed by atoms with van der Waals surface area (Å²) in [5.74, 6) is 1.98. The number of benzene rings is 8. The SMILES string of the molecule is c1ccc(-c2ccc(-c3cccc4sc5cc(-c6nc(-c7ccccc7)nc(-c7cc8ccccc8c8ccccc78)n6)ccc5c34)cc2)cc1. The van der Waals surface area contributed by atoms with E-state index < -0.39 is 0 Å². The summed E-state index contributed by atoms with van der Waals surface area (Å²) in [6, 6.07) is 62.2. The predicted molar refractivity (Wildman–Crippen MR) is 215 cm³/mol. The van der Waals surface area contributed by atoms with Crippen LogP contribution in [0.1, 0.15) is 0 Å². The molecule has 0 spiro atoms. The normalized spacial score (nSPS) is 11.5. The maximum atomic E-state index is 5.20. The Hall–Kier alpha value is -6.49. The molecule has 0 atom stereocenters. The first-order valence-corrected chi connectivity index (χ1v) is 17.9. The molecule has 10 aromatic rings. The van der Waals surface area contributed by atoms with Gasteiger partial charge in [0.1, 0.15) is 0 Å². The zero-order valence-electron chi connectivity index (χ0n) is 27.5. The Bertz CT molecular complexity index is 2900. The minimum Gasteiger partial charge on any atom is -0.208 e. The molecule has 0 aliphatic carbocycles. The Balaban J connectivity index is 1.13. The molecule has 2 aromatic heterocycles. The van der Waals surface area contributed by atoms with Crippen LogP contribution in [0, 0.1) is 0 Å². The zero-order chi connectivity index (χ0) is 33.7. The van der Waals surface area contributed by atoms with Gasteiger partial charge in [-0.25, -0.2) is 15.0 Å². The van der Waals surface area contributed by atoms with Gasteiger partial charge in [-0.15, -0.1) is 11.3 Å². The van der Waals surface area contributed by atoms with Crippen molar-refractivity contribution < 1.29 is 0 Å². The van der Waals surface area contributed by atoms with Gasteiger partial charge in [-0.1, -0.05) is 158 Å². The Morgan fingerprint density at radius 2 is 0.902 bits per heavy atom. The summed E-state index contributed by atoms with van der Waals surface area (Å²) in [7, 11) is 0. The van der Waals surface area contributed by atoms with E-state index in [9.17, 15) is 0 Å². The van der Waals surface area contributed by atoms with Crippen molar-refractivity contribution in [1.29, 1.82) is 0 Å². The summed E-state index contributed by atoms with van der Waals surface area (Å²) in [6.45, 7) is 0. The van der Waals surface area contributed by atoms with Gasteiger partial charge >= 0.3 is 0 Å². The van der Waals surface area contributed by atoms with Gasteiger partial charge in [0, 0.05) is 36.9 Å². The summed E-state index contributed by atoms with van der Waals surface area (Å²) >= 11 is 1.81. The quantitative estimate of drug-likeness (QED) is 0.171. The summed E-state index contributed by atoms with van der Waals surface area (Å²) in [4.78, 5) is 15.4. The van der Waals surface area contributed by atoms with Crippen LogP contribution in [-0.2, 0) is 0 Å². The van der Waals surface area contributed by atoms with Crippen molar-refractivity contribution in [1.82, 2.24) is 15.0 Å². The first kappa shape index (κ1) is 29.4. The molecule has 0 aliphatic heterocycles. The second-order valence-corrected chi connectivity index (χ2v) is 13.9. The second-order valence-electron chi connectivity index (χ2n) is 12.8. The van der Waals surface area contributed by atoms with Crippen LogP contribution in [0.15, 0.2) is 176 Å². The lowest BCUT2D eigenvalue weighted by Crippen LogP contribution is -2.00. The van der Waals surface area contributed by atoms with Gasteiger partial charge in [-0.2, -0.15) is 0 Å². The van der Waals surface area contributed by atoms with Crippen LogP contribution in [0.25, 0.3) is 98.1 Å². The minimum atomic E-state index is 0.658. The molecule has 0 fully saturated rings. The molecule has 8 aromatic carbocycles. The average Bonchev–Trinajstić information content (AvgIpc) is 3.59. The van der Waals surface area contributed by atoms with Gasteiger partial charge in [0.05, 0.1) is 0 Å². The topological polar surface area (TPSA) is 38.7 Å². The maximum absolute atomic E-state index is 5.20. The summed E-state index contributed by atoms with van der Waals surface area (Å²) in [6.07, 6.45) is 0. The molecule has 0 saturated heterocycles. The lowest BCUT2D eigenvalue weighted by Gasteiger charge is -2.12. The van der Waals surface area contributed by atoms with Gasteiger partial charge in [0.15, 0.2) is 17.5 Å². The lowest BCUT2D eigenvalue weighted by molar-refractivity contribution is 1.08. The Kier molecular flexibility index (Phi) is 7.00. The Labute approximate surface area is 299 Å². The molecule has 3 nitrogen and oxygen atoms in total. The molecule has 0 radical (unpaired) electrons. The van der Waals surface area contributed by atoms with Crippen molar-refractivity contribution >= 4 is 53.1 Å². The van der Waals surface area contributed by atoms with Crippen LogP contribution in [0.4, 0.5) is 0 Å². The van der Waals surface area contributed by atoms with Crippen LogP contribution in [0.3, 0.4) is 0 Å². The third-order valence-electron chi connectivity index (χ3n) is 9.73. The molecule has 238 valence electrons. The van der Waals surface area contributed by atoms with E-state index in [0.29, 0.717) is 17.5 Å². The fourth-order valence-electron chi connectivity index (χ4n) is 7.26. The summed E-state index contributed by atoms with van der Waals surface area (Å²) in [5, 5.41) is 7.20. The van der Waals surface area contributed by atoms with Gasteiger partial charge in [0.2, 0.25) is 0 Å². The van der Waals surface area contributed by atoms with Gasteiger partial charge in [0.25, 0.3) is 0 Å². The van der Waals surface area contributed by atoms with Crippen LogP contribution >= 0.6 is 11.3 Å². The van der Waals surface area contributed by atoms with E-state index in [0.717, 1.165) is 27.5 Å². The molecule has 4 heteroatoms. The molecule has 0 unspecified atom stereocenters. The number of hydrogen-bond donors (Lipinski definition) is 0. The third-order valence-corrected chi connectivity index (χ3v) is 10.9. The first-order valence-electron chi connectivity index (χ1n) is 17.1. The first-order chi connectivity index (χ1) is 25.3. The molecule has 10 rings (SSSR count). The molecule has 51 heavy (non-hydrogen) atoms. The van der Waals surface area contributed by atoms with Crippen molar-refractivity contribution in [3.63, 3.8) is 0 Å². The zero-order valence-corrected chi connectivity index (χ0v) is 28.3. The average molecular weight is 668 g/mol. The summed E-state index contributed by atoms with van der Waals surface area (Å²) in [5.41, 5.74) is 7.81. The molecular formula is C47H29N3S. The van der Waals surface area contributed by atoms with Gasteiger partial charge in [-0.3, -0.25) is 0 Å². The molecular weight excluding hydrogens is 639 g/mol. The largest absolute Gasteiger partial charge is 0.208 e. The van der Waals surface area contributed by atoms with Crippen LogP contribution in [-0.4, -0.2) is 15.0 Å². The van der Waals surface area contributed by atoms with E-state index >= 15 is 0 Å². The molecule has 0 amide bonds. The van der Waals surface area contributed by atoms with E-state index in [-0.39, 0.29) is 0 Å². The number of fused-ring (bicyclic) bond motifs is 6. The smallest absolute Gasteiger partial charge is 0.164 e. The molecule has 0 N–H and O–H groups in total. The highest BCUT2D eigenvalue weighted by Gasteiger charge is 2.18. The standard InChI is InChI=1S/C47H29N3S/c1-3-12-30(13-4-1)31-22-24-32(25-23-31)37-20-11-21-42-44(37)40-27-26-35(29-43(40)51-42)46-48-45(33-14-5-2-6-15-33)49-47(50-46)41-28-34-16-7-8-17-36(34)38-18-9-10-19-39(38)41/h1-29H. The fraction of sp³-hybridized carbons (Fsp3) is 0. The molecule has 0 aliphatic rings. The highest BCUT2D eigenvalue weighted by Crippen LogP contribution is 2.42. The molecule has 0 bridgehead atoms. The van der Waals surface area contributed by atoms with E-state index in [1.165, 1.54) is 53.2 Å². The number of rotatable bonds is 5. The highest BCUT2D eigenvalue weighted by atomic mass is 32.1. The maximum Gasteiger partial charge on any atom is 0.164 e. The summed E-state index contributed by atoms with van der Waals surface area (Å²) < 4.78 is 2.46. The Morgan fingerprint density at radius 1 is 0.314 bits per heavy atom. The predicted octanol–water partition coefficient (Wildman–Crippen LogP) is 12.9. The third kappa shape index (κ3) is 5.16. The van der Waals surface area contributed by atoms with E-state index in [1.807, 2.05) is 29.5 Å². The van der Waals surface area contributed by atoms with Crippen LogP contribution < -0.4 is 0 Å². The number of aromatic nitrogens is 3. The van der Waals surface area contributed by atoms with Gasteiger partial charge < -0.3 is 0 Å². The van der Waals surface area contributed by atoms with Crippen molar-refractivity contribution in [2.24, 2.45) is 0 Å². The van der Waals surface area contributed by atoms with Crippen molar-refractivity contribution in [2.45, 2.75) is 0 Å². The Morgan fingerprint density at radius 3 is 1.69 bits per heavy atom. The van der Waals surface area contributed by atoms with Crippen LogP contribution in [0.5, 0.6) is 0 Å². The minimum absolute atomic E-state index is 0.658. The van der Waals surface area contributed by atoms with E-state index in [1.54, 1.807) is 0 Å². The number of hydrogen-bond acceptors (Lipinski definition) is 4.